The molecule has 1 fully saturated rings. The lowest BCUT2D eigenvalue weighted by Gasteiger charge is -2.34. The maximum Gasteiger partial charge on any atom is 0.241 e. The summed E-state index contributed by atoms with van der Waals surface area (Å²) in [5, 5.41) is 2.87. The van der Waals surface area contributed by atoms with Crippen LogP contribution in [0.1, 0.15) is 39.2 Å². The summed E-state index contributed by atoms with van der Waals surface area (Å²) in [5.41, 5.74) is 5.15. The highest BCUT2D eigenvalue weighted by Gasteiger charge is 2.38. The van der Waals surface area contributed by atoms with Crippen molar-refractivity contribution in [3.05, 3.63) is 29.8 Å². The van der Waals surface area contributed by atoms with Crippen molar-refractivity contribution in [3.8, 4) is 0 Å². The van der Waals surface area contributed by atoms with Gasteiger partial charge in [-0.1, -0.05) is 18.2 Å². The van der Waals surface area contributed by atoms with Crippen molar-refractivity contribution in [2.75, 3.05) is 19.8 Å². The zero-order valence-corrected chi connectivity index (χ0v) is 16.5. The molecule has 1 heterocycles. The summed E-state index contributed by atoms with van der Waals surface area (Å²) in [7, 11) is -3.69. The lowest BCUT2D eigenvalue weighted by Crippen LogP contribution is -2.49. The second kappa shape index (κ2) is 8.04. The van der Waals surface area contributed by atoms with Crippen molar-refractivity contribution >= 4 is 15.9 Å². The number of nitrogens with two attached hydrogens (primary N) is 1. The molecule has 8 heteroatoms. The molecule has 0 bridgehead atoms. The second-order valence-corrected chi connectivity index (χ2v) is 9.39. The Kier molecular flexibility index (Phi) is 6.44. The highest BCUT2D eigenvalue weighted by Crippen LogP contribution is 2.29. The average molecular weight is 384 g/mol. The van der Waals surface area contributed by atoms with Crippen LogP contribution in [0.3, 0.4) is 0 Å². The van der Waals surface area contributed by atoms with Crippen LogP contribution in [0.4, 0.5) is 0 Å². The van der Waals surface area contributed by atoms with E-state index in [0.717, 1.165) is 0 Å². The molecular weight excluding hydrogens is 354 g/mol. The van der Waals surface area contributed by atoms with Gasteiger partial charge in [0.1, 0.15) is 0 Å². The number of carbonyl (C=O) groups is 1. The monoisotopic (exact) mass is 383 g/mol. The molecule has 1 aromatic rings. The quantitative estimate of drug-likeness (QED) is 0.682. The Balaban J connectivity index is 2.17. The van der Waals surface area contributed by atoms with E-state index in [-0.39, 0.29) is 23.9 Å². The molecule has 146 valence electrons. The molecule has 0 aliphatic carbocycles. The number of nitrogens with one attached hydrogen (secondary N) is 2. The van der Waals surface area contributed by atoms with E-state index in [1.807, 2.05) is 0 Å². The molecule has 1 aliphatic heterocycles. The summed E-state index contributed by atoms with van der Waals surface area (Å²) in [6.07, 6.45) is 1.14. The fourth-order valence-corrected chi connectivity index (χ4v) is 4.68. The Morgan fingerprint density at radius 3 is 2.42 bits per heavy atom. The number of sulfonamides is 1. The summed E-state index contributed by atoms with van der Waals surface area (Å²) in [6.45, 7) is 6.73. The number of amides is 1. The highest BCUT2D eigenvalue weighted by molar-refractivity contribution is 7.89. The summed E-state index contributed by atoms with van der Waals surface area (Å²) in [4.78, 5) is 12.9. The summed E-state index contributed by atoms with van der Waals surface area (Å²) in [5.74, 6) is -0.153. The second-order valence-electron chi connectivity index (χ2n) is 7.74. The largest absolute Gasteiger partial charge is 0.381 e. The Morgan fingerprint density at radius 2 is 1.85 bits per heavy atom. The van der Waals surface area contributed by atoms with Gasteiger partial charge in [0.05, 0.1) is 10.3 Å². The first-order chi connectivity index (χ1) is 12.1. The van der Waals surface area contributed by atoms with Gasteiger partial charge in [0.15, 0.2) is 0 Å². The van der Waals surface area contributed by atoms with Gasteiger partial charge in [-0.2, -0.15) is 0 Å². The van der Waals surface area contributed by atoms with Crippen molar-refractivity contribution in [1.29, 1.82) is 0 Å². The molecule has 0 spiro atoms. The zero-order chi connectivity index (χ0) is 19.4. The van der Waals surface area contributed by atoms with E-state index in [4.69, 9.17) is 10.5 Å². The fraction of sp³-hybridized carbons (Fsp3) is 0.611. The molecule has 0 unspecified atom stereocenters. The molecule has 7 nitrogen and oxygen atoms in total. The van der Waals surface area contributed by atoms with Crippen LogP contribution in [0.15, 0.2) is 29.2 Å². The standard InChI is InChI=1S/C18H29N3O4S/c1-17(2,3)21-26(23,24)15-7-5-4-6-14(15)12-20-16(22)18(13-19)8-10-25-11-9-18/h4-7,21H,8-13,19H2,1-3H3,(H,20,22). The van der Waals surface area contributed by atoms with Crippen LogP contribution in [0.25, 0.3) is 0 Å². The molecule has 26 heavy (non-hydrogen) atoms. The topological polar surface area (TPSA) is 111 Å². The minimum atomic E-state index is -3.69. The Labute approximate surface area is 155 Å². The molecule has 1 aromatic carbocycles. The third-order valence-electron chi connectivity index (χ3n) is 4.46. The molecule has 0 radical (unpaired) electrons. The fourth-order valence-electron chi connectivity index (χ4n) is 3.02. The maximum absolute atomic E-state index is 12.7. The lowest BCUT2D eigenvalue weighted by molar-refractivity contribution is -0.136. The van der Waals surface area contributed by atoms with Crippen LogP contribution >= 0.6 is 0 Å². The number of ether oxygens (including phenoxy) is 1. The number of benzene rings is 1. The Bertz CT molecular complexity index is 735. The smallest absolute Gasteiger partial charge is 0.241 e. The summed E-state index contributed by atoms with van der Waals surface area (Å²) in [6, 6.07) is 6.67. The normalized spacial score (nSPS) is 17.7. The van der Waals surface area contributed by atoms with Crippen LogP contribution in [0.2, 0.25) is 0 Å². The van der Waals surface area contributed by atoms with E-state index in [0.29, 0.717) is 31.6 Å². The van der Waals surface area contributed by atoms with Crippen molar-refractivity contribution in [2.45, 2.75) is 50.6 Å². The van der Waals surface area contributed by atoms with Gasteiger partial charge in [0.25, 0.3) is 0 Å². The number of hydrogen-bond donors (Lipinski definition) is 3. The minimum absolute atomic E-state index is 0.128. The van der Waals surface area contributed by atoms with E-state index in [1.54, 1.807) is 45.0 Å². The number of rotatable bonds is 6. The van der Waals surface area contributed by atoms with Crippen molar-refractivity contribution in [2.24, 2.45) is 11.1 Å². The van der Waals surface area contributed by atoms with Gasteiger partial charge in [0.2, 0.25) is 15.9 Å². The number of hydrogen-bond acceptors (Lipinski definition) is 5. The van der Waals surface area contributed by atoms with Crippen LogP contribution < -0.4 is 15.8 Å². The average Bonchev–Trinajstić information content (AvgIpc) is 2.58. The highest BCUT2D eigenvalue weighted by atomic mass is 32.2. The summed E-state index contributed by atoms with van der Waals surface area (Å²) < 4.78 is 33.3. The first-order valence-corrected chi connectivity index (χ1v) is 10.3. The Morgan fingerprint density at radius 1 is 1.23 bits per heavy atom. The third-order valence-corrected chi connectivity index (χ3v) is 6.32. The molecule has 0 saturated carbocycles. The molecule has 0 atom stereocenters. The van der Waals surface area contributed by atoms with Crippen LogP contribution in [0, 0.1) is 5.41 Å². The van der Waals surface area contributed by atoms with Gasteiger partial charge in [-0.15, -0.1) is 0 Å². The van der Waals surface area contributed by atoms with Crippen LogP contribution in [-0.2, 0) is 26.1 Å². The third kappa shape index (κ3) is 5.03. The first kappa shape index (κ1) is 20.8. The minimum Gasteiger partial charge on any atom is -0.381 e. The summed E-state index contributed by atoms with van der Waals surface area (Å²) >= 11 is 0. The van der Waals surface area contributed by atoms with Gasteiger partial charge in [-0.05, 0) is 45.2 Å². The van der Waals surface area contributed by atoms with Crippen molar-refractivity contribution in [1.82, 2.24) is 10.0 Å². The van der Waals surface area contributed by atoms with Gasteiger partial charge < -0.3 is 15.8 Å². The molecule has 1 amide bonds. The molecular formula is C18H29N3O4S. The molecule has 4 N–H and O–H groups in total. The molecule has 1 aliphatic rings. The van der Waals surface area contributed by atoms with E-state index < -0.39 is 21.0 Å². The molecule has 0 aromatic heterocycles. The van der Waals surface area contributed by atoms with E-state index >= 15 is 0 Å². The van der Waals surface area contributed by atoms with Gasteiger partial charge in [-0.25, -0.2) is 13.1 Å². The first-order valence-electron chi connectivity index (χ1n) is 8.78. The molecule has 2 rings (SSSR count). The van der Waals surface area contributed by atoms with E-state index in [1.165, 1.54) is 0 Å². The van der Waals surface area contributed by atoms with Gasteiger partial charge >= 0.3 is 0 Å². The van der Waals surface area contributed by atoms with Gasteiger partial charge in [-0.3, -0.25) is 4.79 Å². The van der Waals surface area contributed by atoms with Crippen molar-refractivity contribution in [3.63, 3.8) is 0 Å². The van der Waals surface area contributed by atoms with E-state index in [9.17, 15) is 13.2 Å². The Hall–Kier alpha value is -1.48. The van der Waals surface area contributed by atoms with Crippen LogP contribution in [0.5, 0.6) is 0 Å². The maximum atomic E-state index is 12.7. The number of carbonyl (C=O) groups excluding carboxylic acids is 1. The predicted molar refractivity (Wildman–Crippen MR) is 99.9 cm³/mol. The predicted octanol–water partition coefficient (Wildman–Crippen LogP) is 1.14. The molecule has 1 saturated heterocycles. The van der Waals surface area contributed by atoms with E-state index in [2.05, 4.69) is 10.0 Å². The van der Waals surface area contributed by atoms with Crippen LogP contribution in [-0.4, -0.2) is 39.6 Å². The van der Waals surface area contributed by atoms with Crippen molar-refractivity contribution < 1.29 is 17.9 Å². The zero-order valence-electron chi connectivity index (χ0n) is 15.7. The lowest BCUT2D eigenvalue weighted by atomic mass is 9.79. The van der Waals surface area contributed by atoms with Gasteiger partial charge in [0, 0.05) is 31.8 Å². The SMILES string of the molecule is CC(C)(C)NS(=O)(=O)c1ccccc1CNC(=O)C1(CN)CCOCC1.